The number of ether oxygens (including phenoxy) is 5. The van der Waals surface area contributed by atoms with Crippen molar-refractivity contribution < 1.29 is 33.3 Å². The fourth-order valence-electron chi connectivity index (χ4n) is 2.85. The fraction of sp³-hybridized carbons (Fsp3) is 0.920. The van der Waals surface area contributed by atoms with Gasteiger partial charge in [0.25, 0.3) is 0 Å². The molecule has 0 N–H and O–H groups in total. The molecule has 0 bridgehead atoms. The molecule has 0 spiro atoms. The molecular weight excluding hydrogens is 412 g/mol. The Morgan fingerprint density at radius 1 is 0.812 bits per heavy atom. The van der Waals surface area contributed by atoms with Gasteiger partial charge >= 0.3 is 12.3 Å². The van der Waals surface area contributed by atoms with E-state index in [0.717, 1.165) is 12.8 Å². The van der Waals surface area contributed by atoms with Crippen molar-refractivity contribution in [3.05, 3.63) is 0 Å². The van der Waals surface area contributed by atoms with E-state index in [1.165, 1.54) is 32.1 Å². The summed E-state index contributed by atoms with van der Waals surface area (Å²) in [5.74, 6) is 0.559. The van der Waals surface area contributed by atoms with Gasteiger partial charge in [-0.3, -0.25) is 0 Å². The highest BCUT2D eigenvalue weighted by Gasteiger charge is 2.18. The molecule has 2 fully saturated rings. The maximum absolute atomic E-state index is 11.1. The van der Waals surface area contributed by atoms with E-state index in [9.17, 15) is 9.59 Å². The third-order valence-corrected chi connectivity index (χ3v) is 4.19. The van der Waals surface area contributed by atoms with Gasteiger partial charge in [0.05, 0.1) is 32.5 Å². The average Bonchev–Trinajstić information content (AvgIpc) is 2.83. The molecule has 2 rings (SSSR count). The summed E-state index contributed by atoms with van der Waals surface area (Å²) in [5.41, 5.74) is 0. The Bertz CT molecular complexity index is 388. The molecular formula is C25H52O7. The van der Waals surface area contributed by atoms with E-state index in [4.69, 9.17) is 18.9 Å². The molecule has 1 saturated heterocycles. The zero-order valence-corrected chi connectivity index (χ0v) is 22.4. The molecule has 0 amide bonds. The smallest absolute Gasteiger partial charge is 0.435 e. The molecule has 7 nitrogen and oxygen atoms in total. The van der Waals surface area contributed by atoms with Gasteiger partial charge in [-0.25, -0.2) is 9.59 Å². The van der Waals surface area contributed by atoms with Crippen LogP contribution in [0.15, 0.2) is 0 Å². The Hall–Kier alpha value is -1.50. The van der Waals surface area contributed by atoms with Crippen LogP contribution in [0.4, 0.5) is 9.59 Å². The molecule has 2 aliphatic rings. The SMILES string of the molecule is CC.CC.CC.CC(C)OC(=O)OCC1CCCCC1.CCOC(=O)OC1CCOCC1. The van der Waals surface area contributed by atoms with Gasteiger partial charge in [-0.2, -0.15) is 0 Å². The Kier molecular flexibility index (Phi) is 30.2. The fourth-order valence-corrected chi connectivity index (χ4v) is 2.85. The van der Waals surface area contributed by atoms with Crippen LogP contribution in [0.2, 0.25) is 0 Å². The second-order valence-electron chi connectivity index (χ2n) is 6.84. The van der Waals surface area contributed by atoms with E-state index in [2.05, 4.69) is 4.74 Å². The van der Waals surface area contributed by atoms with Crippen molar-refractivity contribution in [2.45, 2.75) is 119 Å². The lowest BCUT2D eigenvalue weighted by atomic mass is 9.90. The van der Waals surface area contributed by atoms with E-state index in [0.29, 0.717) is 32.3 Å². The van der Waals surface area contributed by atoms with Crippen LogP contribution in [0.3, 0.4) is 0 Å². The highest BCUT2D eigenvalue weighted by molar-refractivity contribution is 5.60. The van der Waals surface area contributed by atoms with Crippen molar-refractivity contribution in [2.24, 2.45) is 5.92 Å². The Balaban J connectivity index is -0.000000429. The standard InChI is InChI=1S/C11H20O3.C8H14O4.3C2H6/c1-9(2)14-11(12)13-8-10-6-4-3-5-7-10;1-2-11-8(9)12-7-3-5-10-6-4-7;3*1-2/h9-10H,3-8H2,1-2H3;7H,2-6H2,1H3;3*1-2H3. The molecule has 1 saturated carbocycles. The van der Waals surface area contributed by atoms with E-state index < -0.39 is 12.3 Å². The monoisotopic (exact) mass is 464 g/mol. The number of hydrogen-bond donors (Lipinski definition) is 0. The van der Waals surface area contributed by atoms with Crippen LogP contribution in [0, 0.1) is 5.92 Å². The Morgan fingerprint density at radius 3 is 1.81 bits per heavy atom. The van der Waals surface area contributed by atoms with Gasteiger partial charge < -0.3 is 23.7 Å². The summed E-state index contributed by atoms with van der Waals surface area (Å²) in [5, 5.41) is 0. The first-order chi connectivity index (χ1) is 15.5. The highest BCUT2D eigenvalue weighted by atomic mass is 16.7. The molecule has 0 aromatic heterocycles. The Labute approximate surface area is 197 Å². The van der Waals surface area contributed by atoms with Gasteiger partial charge in [0.1, 0.15) is 6.10 Å². The van der Waals surface area contributed by atoms with Crippen molar-refractivity contribution in [2.75, 3.05) is 26.4 Å². The molecule has 7 heteroatoms. The molecule has 194 valence electrons. The van der Waals surface area contributed by atoms with Crippen LogP contribution in [-0.2, 0) is 23.7 Å². The van der Waals surface area contributed by atoms with Gasteiger partial charge in [-0.15, -0.1) is 0 Å². The summed E-state index contributed by atoms with van der Waals surface area (Å²) < 4.78 is 24.7. The number of hydrogen-bond acceptors (Lipinski definition) is 7. The molecule has 1 aliphatic carbocycles. The first-order valence-electron chi connectivity index (χ1n) is 12.8. The lowest BCUT2D eigenvalue weighted by molar-refractivity contribution is -0.0263. The molecule has 0 atom stereocenters. The number of rotatable bonds is 5. The molecule has 0 aromatic rings. The van der Waals surface area contributed by atoms with E-state index in [-0.39, 0.29) is 12.2 Å². The first kappa shape index (κ1) is 35.1. The van der Waals surface area contributed by atoms with Gasteiger partial charge in [0.15, 0.2) is 0 Å². The normalized spacial score (nSPS) is 15.6. The van der Waals surface area contributed by atoms with Gasteiger partial charge in [-0.05, 0) is 39.5 Å². The van der Waals surface area contributed by atoms with Crippen LogP contribution in [0.5, 0.6) is 0 Å². The maximum Gasteiger partial charge on any atom is 0.508 e. The van der Waals surface area contributed by atoms with Crippen molar-refractivity contribution in [3.63, 3.8) is 0 Å². The second kappa shape index (κ2) is 27.5. The molecule has 32 heavy (non-hydrogen) atoms. The quantitative estimate of drug-likeness (QED) is 0.389. The second-order valence-corrected chi connectivity index (χ2v) is 6.84. The van der Waals surface area contributed by atoms with E-state index in [1.807, 2.05) is 55.4 Å². The molecule has 0 aromatic carbocycles. The van der Waals surface area contributed by atoms with Crippen LogP contribution in [0.1, 0.15) is 107 Å². The van der Waals surface area contributed by atoms with Crippen molar-refractivity contribution in [3.8, 4) is 0 Å². The minimum atomic E-state index is -0.565. The van der Waals surface area contributed by atoms with Crippen LogP contribution >= 0.6 is 0 Å². The summed E-state index contributed by atoms with van der Waals surface area (Å²) in [4.78, 5) is 21.9. The third kappa shape index (κ3) is 23.2. The first-order valence-corrected chi connectivity index (χ1v) is 12.8. The predicted octanol–water partition coefficient (Wildman–Crippen LogP) is 7.55. The third-order valence-electron chi connectivity index (χ3n) is 4.19. The van der Waals surface area contributed by atoms with E-state index >= 15 is 0 Å². The summed E-state index contributed by atoms with van der Waals surface area (Å²) in [6.07, 6.45) is 6.61. The minimum absolute atomic E-state index is 0.0159. The van der Waals surface area contributed by atoms with Gasteiger partial charge in [0, 0.05) is 12.8 Å². The molecule has 1 heterocycles. The number of carbonyl (C=O) groups excluding carboxylic acids is 2. The number of carbonyl (C=O) groups is 2. The summed E-state index contributed by atoms with van der Waals surface area (Å²) in [6.45, 7) is 19.6. The van der Waals surface area contributed by atoms with Gasteiger partial charge in [0.2, 0.25) is 0 Å². The minimum Gasteiger partial charge on any atom is -0.435 e. The molecule has 0 unspecified atom stereocenters. The zero-order chi connectivity index (χ0) is 25.2. The van der Waals surface area contributed by atoms with Crippen LogP contribution in [0.25, 0.3) is 0 Å². The average molecular weight is 465 g/mol. The maximum atomic E-state index is 11.1. The highest BCUT2D eigenvalue weighted by Crippen LogP contribution is 2.23. The lowest BCUT2D eigenvalue weighted by Crippen LogP contribution is -2.26. The van der Waals surface area contributed by atoms with Crippen molar-refractivity contribution in [1.82, 2.24) is 0 Å². The lowest BCUT2D eigenvalue weighted by Gasteiger charge is -2.21. The van der Waals surface area contributed by atoms with E-state index in [1.54, 1.807) is 6.92 Å². The van der Waals surface area contributed by atoms with Crippen LogP contribution < -0.4 is 0 Å². The molecule has 1 aliphatic heterocycles. The largest absolute Gasteiger partial charge is 0.508 e. The zero-order valence-electron chi connectivity index (χ0n) is 22.4. The van der Waals surface area contributed by atoms with Crippen molar-refractivity contribution >= 4 is 12.3 Å². The summed E-state index contributed by atoms with van der Waals surface area (Å²) in [7, 11) is 0. The Morgan fingerprint density at radius 2 is 1.34 bits per heavy atom. The summed E-state index contributed by atoms with van der Waals surface area (Å²) in [6, 6.07) is 0. The van der Waals surface area contributed by atoms with Crippen molar-refractivity contribution in [1.29, 1.82) is 0 Å². The summed E-state index contributed by atoms with van der Waals surface area (Å²) >= 11 is 0. The predicted molar refractivity (Wildman–Crippen MR) is 130 cm³/mol. The topological polar surface area (TPSA) is 80.3 Å². The van der Waals surface area contributed by atoms with Gasteiger partial charge in [-0.1, -0.05) is 60.8 Å². The molecule has 0 radical (unpaired) electrons. The van der Waals surface area contributed by atoms with Crippen LogP contribution in [-0.4, -0.2) is 50.9 Å².